The molecule has 2 heterocycles. The van der Waals surface area contributed by atoms with Gasteiger partial charge in [-0.1, -0.05) is 23.7 Å². The summed E-state index contributed by atoms with van der Waals surface area (Å²) in [4.78, 5) is 28.8. The average Bonchev–Trinajstić information content (AvgIpc) is 2.94. The van der Waals surface area contributed by atoms with E-state index in [1.807, 2.05) is 12.1 Å². The molecule has 2 aromatic rings. The summed E-state index contributed by atoms with van der Waals surface area (Å²) in [6.45, 7) is 2.16. The highest BCUT2D eigenvalue weighted by molar-refractivity contribution is 6.36. The summed E-state index contributed by atoms with van der Waals surface area (Å²) in [6, 6.07) is 14.9. The third kappa shape index (κ3) is 3.50. The van der Waals surface area contributed by atoms with Crippen molar-refractivity contribution in [3.05, 3.63) is 64.8 Å². The molecule has 4 rings (SSSR count). The smallest absolute Gasteiger partial charge is 0.277 e. The Hall–Kier alpha value is -2.79. The number of likely N-dealkylation sites (N-methyl/N-ethyl adjacent to an activating group) is 1. The van der Waals surface area contributed by atoms with E-state index in [-0.39, 0.29) is 11.8 Å². The molecule has 0 unspecified atom stereocenters. The standard InChI is InChI=1S/C22H22ClN3O2/c1-25-21(27)19(15-5-7-16(23)8-6-15)20(22(25)28)24-17-9-11-18(12-10-17)26-13-3-2-4-14-26/h5-12,24H,2-4,13-14H2,1H3. The van der Waals surface area contributed by atoms with Gasteiger partial charge in [0.25, 0.3) is 11.8 Å². The molecule has 28 heavy (non-hydrogen) atoms. The summed E-state index contributed by atoms with van der Waals surface area (Å²) in [5.41, 5.74) is 3.28. The maximum atomic E-state index is 12.6. The Balaban J connectivity index is 1.62. The van der Waals surface area contributed by atoms with Gasteiger partial charge in [-0.15, -0.1) is 0 Å². The average molecular weight is 396 g/mol. The second kappa shape index (κ2) is 7.68. The second-order valence-electron chi connectivity index (χ2n) is 7.15. The molecule has 1 saturated heterocycles. The van der Waals surface area contributed by atoms with Gasteiger partial charge in [-0.05, 0) is 61.2 Å². The van der Waals surface area contributed by atoms with E-state index >= 15 is 0 Å². The van der Waals surface area contributed by atoms with E-state index in [0.29, 0.717) is 21.9 Å². The fourth-order valence-corrected chi connectivity index (χ4v) is 3.82. The van der Waals surface area contributed by atoms with Crippen molar-refractivity contribution >= 4 is 40.4 Å². The van der Waals surface area contributed by atoms with Gasteiger partial charge in [0.15, 0.2) is 0 Å². The number of amides is 2. The van der Waals surface area contributed by atoms with Crippen molar-refractivity contribution in [1.29, 1.82) is 0 Å². The van der Waals surface area contributed by atoms with Crippen LogP contribution >= 0.6 is 11.6 Å². The lowest BCUT2D eigenvalue weighted by Crippen LogP contribution is -2.29. The van der Waals surface area contributed by atoms with Crippen LogP contribution in [0.4, 0.5) is 11.4 Å². The molecule has 0 aliphatic carbocycles. The van der Waals surface area contributed by atoms with Gasteiger partial charge in [0.1, 0.15) is 5.70 Å². The van der Waals surface area contributed by atoms with Crippen LogP contribution in [0.3, 0.4) is 0 Å². The van der Waals surface area contributed by atoms with Crippen molar-refractivity contribution < 1.29 is 9.59 Å². The Labute approximate surface area is 169 Å². The van der Waals surface area contributed by atoms with Crippen molar-refractivity contribution in [2.75, 3.05) is 30.4 Å². The highest BCUT2D eigenvalue weighted by Gasteiger charge is 2.36. The zero-order chi connectivity index (χ0) is 19.7. The van der Waals surface area contributed by atoms with E-state index in [0.717, 1.165) is 23.7 Å². The predicted octanol–water partition coefficient (Wildman–Crippen LogP) is 4.15. The molecule has 0 spiro atoms. The van der Waals surface area contributed by atoms with Crippen LogP contribution in [0.25, 0.3) is 5.57 Å². The molecule has 1 N–H and O–H groups in total. The van der Waals surface area contributed by atoms with Crippen molar-refractivity contribution in [3.63, 3.8) is 0 Å². The number of hydrogen-bond acceptors (Lipinski definition) is 4. The van der Waals surface area contributed by atoms with Crippen molar-refractivity contribution in [1.82, 2.24) is 4.90 Å². The summed E-state index contributed by atoms with van der Waals surface area (Å²) in [5.74, 6) is -0.658. The molecular formula is C22H22ClN3O2. The van der Waals surface area contributed by atoms with Crippen LogP contribution in [0.1, 0.15) is 24.8 Å². The molecule has 0 aromatic heterocycles. The number of imide groups is 1. The van der Waals surface area contributed by atoms with Crippen LogP contribution in [-0.4, -0.2) is 36.9 Å². The van der Waals surface area contributed by atoms with Crippen LogP contribution in [0.2, 0.25) is 5.02 Å². The molecule has 2 aliphatic rings. The molecular weight excluding hydrogens is 374 g/mol. The first-order valence-corrected chi connectivity index (χ1v) is 9.87. The third-order valence-electron chi connectivity index (χ3n) is 5.28. The SMILES string of the molecule is CN1C(=O)C(Nc2ccc(N3CCCCC3)cc2)=C(c2ccc(Cl)cc2)C1=O. The first-order valence-electron chi connectivity index (χ1n) is 9.49. The second-order valence-corrected chi connectivity index (χ2v) is 7.58. The van der Waals surface area contributed by atoms with Crippen LogP contribution < -0.4 is 10.2 Å². The number of benzene rings is 2. The molecule has 2 amide bonds. The first kappa shape index (κ1) is 18.6. The van der Waals surface area contributed by atoms with E-state index < -0.39 is 0 Å². The molecule has 0 bridgehead atoms. The van der Waals surface area contributed by atoms with Gasteiger partial charge in [-0.25, -0.2) is 0 Å². The number of nitrogens with one attached hydrogen (secondary N) is 1. The van der Waals surface area contributed by atoms with Gasteiger partial charge >= 0.3 is 0 Å². The molecule has 0 saturated carbocycles. The molecule has 0 radical (unpaired) electrons. The number of piperidine rings is 1. The minimum Gasteiger partial charge on any atom is -0.372 e. The lowest BCUT2D eigenvalue weighted by molar-refractivity contribution is -0.135. The number of carbonyl (C=O) groups excluding carboxylic acids is 2. The molecule has 5 nitrogen and oxygen atoms in total. The maximum absolute atomic E-state index is 12.6. The lowest BCUT2D eigenvalue weighted by Gasteiger charge is -2.28. The van der Waals surface area contributed by atoms with Gasteiger partial charge in [0.2, 0.25) is 0 Å². The molecule has 144 valence electrons. The Bertz CT molecular complexity index is 929. The molecule has 2 aliphatic heterocycles. The number of anilines is 2. The summed E-state index contributed by atoms with van der Waals surface area (Å²) < 4.78 is 0. The third-order valence-corrected chi connectivity index (χ3v) is 5.53. The van der Waals surface area contributed by atoms with E-state index in [9.17, 15) is 9.59 Å². The molecule has 0 atom stereocenters. The number of halogens is 1. The number of hydrogen-bond donors (Lipinski definition) is 1. The summed E-state index contributed by atoms with van der Waals surface area (Å²) >= 11 is 5.96. The largest absolute Gasteiger partial charge is 0.372 e. The quantitative estimate of drug-likeness (QED) is 0.790. The van der Waals surface area contributed by atoms with Gasteiger partial charge in [0.05, 0.1) is 5.57 Å². The number of carbonyl (C=O) groups is 2. The minimum atomic E-state index is -0.338. The van der Waals surface area contributed by atoms with Crippen molar-refractivity contribution in [3.8, 4) is 0 Å². The Kier molecular flexibility index (Phi) is 5.09. The highest BCUT2D eigenvalue weighted by atomic mass is 35.5. The maximum Gasteiger partial charge on any atom is 0.277 e. The van der Waals surface area contributed by atoms with E-state index in [1.165, 1.54) is 32.0 Å². The van der Waals surface area contributed by atoms with E-state index in [2.05, 4.69) is 22.3 Å². The highest BCUT2D eigenvalue weighted by Crippen LogP contribution is 2.31. The van der Waals surface area contributed by atoms with Crippen LogP contribution in [0.5, 0.6) is 0 Å². The van der Waals surface area contributed by atoms with Gasteiger partial charge in [-0.3, -0.25) is 14.5 Å². The fraction of sp³-hybridized carbons (Fsp3) is 0.273. The predicted molar refractivity (Wildman–Crippen MR) is 112 cm³/mol. The minimum absolute atomic E-state index is 0.292. The normalized spacial score (nSPS) is 17.5. The van der Waals surface area contributed by atoms with Crippen LogP contribution in [-0.2, 0) is 9.59 Å². The van der Waals surface area contributed by atoms with Crippen LogP contribution in [0.15, 0.2) is 54.2 Å². The monoisotopic (exact) mass is 395 g/mol. The topological polar surface area (TPSA) is 52.7 Å². The van der Waals surface area contributed by atoms with Gasteiger partial charge in [-0.2, -0.15) is 0 Å². The fourth-order valence-electron chi connectivity index (χ4n) is 3.69. The van der Waals surface area contributed by atoms with Crippen LogP contribution in [0, 0.1) is 0 Å². The van der Waals surface area contributed by atoms with Gasteiger partial charge in [0, 0.05) is 36.5 Å². The summed E-state index contributed by atoms with van der Waals surface area (Å²) in [7, 11) is 1.49. The molecule has 1 fully saturated rings. The Morgan fingerprint density at radius 2 is 1.50 bits per heavy atom. The summed E-state index contributed by atoms with van der Waals surface area (Å²) in [5, 5.41) is 3.74. The van der Waals surface area contributed by atoms with Gasteiger partial charge < -0.3 is 10.2 Å². The first-order chi connectivity index (χ1) is 13.5. The zero-order valence-corrected chi connectivity index (χ0v) is 16.5. The Morgan fingerprint density at radius 3 is 2.14 bits per heavy atom. The molecule has 6 heteroatoms. The number of nitrogens with zero attached hydrogens (tertiary/aromatic N) is 2. The van der Waals surface area contributed by atoms with Crippen molar-refractivity contribution in [2.24, 2.45) is 0 Å². The van der Waals surface area contributed by atoms with E-state index in [1.54, 1.807) is 24.3 Å². The Morgan fingerprint density at radius 1 is 0.857 bits per heavy atom. The van der Waals surface area contributed by atoms with E-state index in [4.69, 9.17) is 11.6 Å². The number of rotatable bonds is 4. The zero-order valence-electron chi connectivity index (χ0n) is 15.7. The van der Waals surface area contributed by atoms with Crippen molar-refractivity contribution in [2.45, 2.75) is 19.3 Å². The summed E-state index contributed by atoms with van der Waals surface area (Å²) in [6.07, 6.45) is 3.74. The lowest BCUT2D eigenvalue weighted by atomic mass is 10.0. The molecule has 2 aromatic carbocycles.